The highest BCUT2D eigenvalue weighted by molar-refractivity contribution is 5.81. The summed E-state index contributed by atoms with van der Waals surface area (Å²) in [5.74, 6) is 1.30. The predicted octanol–water partition coefficient (Wildman–Crippen LogP) is 3.58. The summed E-state index contributed by atoms with van der Waals surface area (Å²) in [7, 11) is 3.22. The van der Waals surface area contributed by atoms with Crippen LogP contribution < -0.4 is 15.0 Å². The van der Waals surface area contributed by atoms with Crippen molar-refractivity contribution in [1.29, 1.82) is 0 Å². The molecule has 0 aliphatic heterocycles. The van der Waals surface area contributed by atoms with Crippen LogP contribution in [-0.2, 0) is 13.0 Å². The van der Waals surface area contributed by atoms with Crippen LogP contribution in [-0.4, -0.2) is 38.6 Å². The maximum absolute atomic E-state index is 12.9. The molecule has 3 aromatic heterocycles. The summed E-state index contributed by atoms with van der Waals surface area (Å²) in [5, 5.41) is 7.58. The summed E-state index contributed by atoms with van der Waals surface area (Å²) in [6.07, 6.45) is 2.51. The monoisotopic (exact) mass is 421 g/mol. The van der Waals surface area contributed by atoms with Gasteiger partial charge in [0.15, 0.2) is 17.1 Å². The average molecular weight is 422 g/mol. The van der Waals surface area contributed by atoms with E-state index in [0.29, 0.717) is 23.7 Å². The molecule has 0 radical (unpaired) electrons. The number of hydrogen-bond donors (Lipinski definition) is 1. The molecule has 1 unspecified atom stereocenters. The number of hydrogen-bond acceptors (Lipinski definition) is 5. The minimum Gasteiger partial charge on any atom is -0.493 e. The van der Waals surface area contributed by atoms with Crippen LogP contribution in [0.25, 0.3) is 16.8 Å². The van der Waals surface area contributed by atoms with Gasteiger partial charge < -0.3 is 9.47 Å². The number of methoxy groups -OCH3 is 2. The molecule has 0 aliphatic carbocycles. The first-order valence-corrected chi connectivity index (χ1v) is 10.3. The van der Waals surface area contributed by atoms with Crippen molar-refractivity contribution in [2.24, 2.45) is 0 Å². The molecule has 4 rings (SSSR count). The molecule has 1 N–H and O–H groups in total. The van der Waals surface area contributed by atoms with Crippen molar-refractivity contribution in [1.82, 2.24) is 24.4 Å². The second kappa shape index (κ2) is 8.29. The summed E-state index contributed by atoms with van der Waals surface area (Å²) >= 11 is 0. The molecule has 0 fully saturated rings. The van der Waals surface area contributed by atoms with E-state index in [1.54, 1.807) is 26.5 Å². The first-order chi connectivity index (χ1) is 15.0. The lowest BCUT2D eigenvalue weighted by Crippen LogP contribution is -2.18. The van der Waals surface area contributed by atoms with Crippen molar-refractivity contribution >= 4 is 5.65 Å². The molecule has 8 heteroatoms. The zero-order valence-corrected chi connectivity index (χ0v) is 18.5. The van der Waals surface area contributed by atoms with Crippen molar-refractivity contribution in [3.05, 3.63) is 64.0 Å². The number of benzene rings is 1. The van der Waals surface area contributed by atoms with Gasteiger partial charge in [-0.2, -0.15) is 5.10 Å². The fourth-order valence-corrected chi connectivity index (χ4v) is 3.85. The van der Waals surface area contributed by atoms with Gasteiger partial charge in [-0.15, -0.1) is 0 Å². The number of ether oxygens (including phenoxy) is 2. The molecule has 4 aromatic rings. The Hall–Kier alpha value is -3.55. The second-order valence-electron chi connectivity index (χ2n) is 7.62. The molecule has 8 nitrogen and oxygen atoms in total. The molecule has 0 spiro atoms. The van der Waals surface area contributed by atoms with Crippen LogP contribution in [0.1, 0.15) is 36.8 Å². The lowest BCUT2D eigenvalue weighted by molar-refractivity contribution is 0.355. The Labute approximate surface area is 180 Å². The van der Waals surface area contributed by atoms with Crippen molar-refractivity contribution in [3.63, 3.8) is 0 Å². The third-order valence-electron chi connectivity index (χ3n) is 5.62. The Morgan fingerprint density at radius 1 is 1.13 bits per heavy atom. The average Bonchev–Trinajstić information content (AvgIpc) is 3.36. The molecule has 0 amide bonds. The van der Waals surface area contributed by atoms with Crippen LogP contribution in [0.2, 0.25) is 0 Å². The predicted molar refractivity (Wildman–Crippen MR) is 119 cm³/mol. The molecule has 1 atom stereocenters. The van der Waals surface area contributed by atoms with E-state index in [2.05, 4.69) is 17.1 Å². The molecule has 0 saturated heterocycles. The fourth-order valence-electron chi connectivity index (χ4n) is 3.85. The molecule has 0 saturated carbocycles. The smallest absolute Gasteiger partial charge is 0.272 e. The normalized spacial score (nSPS) is 12.3. The Morgan fingerprint density at radius 2 is 1.90 bits per heavy atom. The highest BCUT2D eigenvalue weighted by atomic mass is 16.5. The maximum atomic E-state index is 12.9. The van der Waals surface area contributed by atoms with Gasteiger partial charge in [-0.05, 0) is 37.1 Å². The molecule has 3 heterocycles. The van der Waals surface area contributed by atoms with Crippen LogP contribution in [0, 0.1) is 6.92 Å². The van der Waals surface area contributed by atoms with E-state index in [-0.39, 0.29) is 11.5 Å². The summed E-state index contributed by atoms with van der Waals surface area (Å²) in [4.78, 5) is 17.8. The summed E-state index contributed by atoms with van der Waals surface area (Å²) in [6, 6.07) is 9.30. The molecule has 0 aliphatic rings. The van der Waals surface area contributed by atoms with Gasteiger partial charge >= 0.3 is 0 Å². The quantitative estimate of drug-likeness (QED) is 0.493. The minimum atomic E-state index is -0.134. The van der Waals surface area contributed by atoms with E-state index < -0.39 is 0 Å². The topological polar surface area (TPSA) is 86.4 Å². The number of aromatic amines is 1. The molecular formula is C23H27N5O3. The third kappa shape index (κ3) is 3.69. The number of rotatable bonds is 7. The first-order valence-electron chi connectivity index (χ1n) is 10.3. The maximum Gasteiger partial charge on any atom is 0.272 e. The number of H-pyrrole nitrogens is 1. The van der Waals surface area contributed by atoms with Gasteiger partial charge in [-0.1, -0.05) is 19.9 Å². The Balaban J connectivity index is 1.86. The standard InChI is InChI=1S/C23H27N5O3/c1-6-17-22(16-7-8-19(30-4)20(11-16)31-5)23-25-18(12-21(29)28(23)26-17)14(2)13-27-15(3)9-10-24-27/h7-12,14,26H,6,13H2,1-5H3. The van der Waals surface area contributed by atoms with Gasteiger partial charge in [0.1, 0.15) is 0 Å². The summed E-state index contributed by atoms with van der Waals surface area (Å²) in [6.45, 7) is 6.77. The van der Waals surface area contributed by atoms with E-state index in [4.69, 9.17) is 14.5 Å². The zero-order valence-electron chi connectivity index (χ0n) is 18.5. The van der Waals surface area contributed by atoms with Gasteiger partial charge in [0.25, 0.3) is 5.56 Å². The lowest BCUT2D eigenvalue weighted by atomic mass is 10.0. The largest absolute Gasteiger partial charge is 0.493 e. The number of aromatic nitrogens is 5. The van der Waals surface area contributed by atoms with Gasteiger partial charge in [-0.3, -0.25) is 14.6 Å². The minimum absolute atomic E-state index is 0.0227. The number of fused-ring (bicyclic) bond motifs is 1. The summed E-state index contributed by atoms with van der Waals surface area (Å²) in [5.41, 5.74) is 5.03. The lowest BCUT2D eigenvalue weighted by Gasteiger charge is -2.13. The molecule has 1 aromatic carbocycles. The van der Waals surface area contributed by atoms with Crippen molar-refractivity contribution in [2.45, 2.75) is 39.7 Å². The Bertz CT molecular complexity index is 1280. The Morgan fingerprint density at radius 3 is 2.55 bits per heavy atom. The molecule has 162 valence electrons. The van der Waals surface area contributed by atoms with E-state index in [1.807, 2.05) is 42.8 Å². The van der Waals surface area contributed by atoms with E-state index in [1.165, 1.54) is 4.52 Å². The number of nitrogens with zero attached hydrogens (tertiary/aromatic N) is 4. The van der Waals surface area contributed by atoms with Crippen molar-refractivity contribution in [2.75, 3.05) is 14.2 Å². The van der Waals surface area contributed by atoms with Crippen LogP contribution in [0.3, 0.4) is 0 Å². The van der Waals surface area contributed by atoms with Gasteiger partial charge in [0.2, 0.25) is 0 Å². The van der Waals surface area contributed by atoms with Crippen molar-refractivity contribution in [3.8, 4) is 22.6 Å². The van der Waals surface area contributed by atoms with Crippen LogP contribution in [0.15, 0.2) is 41.3 Å². The van der Waals surface area contributed by atoms with Gasteiger partial charge in [0, 0.05) is 41.7 Å². The van der Waals surface area contributed by atoms with E-state index in [9.17, 15) is 4.79 Å². The van der Waals surface area contributed by atoms with Gasteiger partial charge in [-0.25, -0.2) is 9.50 Å². The fraction of sp³-hybridized carbons (Fsp3) is 0.348. The van der Waals surface area contributed by atoms with E-state index >= 15 is 0 Å². The van der Waals surface area contributed by atoms with Crippen LogP contribution in [0.5, 0.6) is 11.5 Å². The summed E-state index contributed by atoms with van der Waals surface area (Å²) < 4.78 is 14.3. The zero-order chi connectivity index (χ0) is 22.1. The molecule has 31 heavy (non-hydrogen) atoms. The third-order valence-corrected chi connectivity index (χ3v) is 5.62. The Kier molecular flexibility index (Phi) is 5.54. The highest BCUT2D eigenvalue weighted by Gasteiger charge is 2.20. The van der Waals surface area contributed by atoms with Crippen molar-refractivity contribution < 1.29 is 9.47 Å². The number of nitrogens with one attached hydrogen (secondary N) is 1. The van der Waals surface area contributed by atoms with Crippen LogP contribution >= 0.6 is 0 Å². The van der Waals surface area contributed by atoms with Crippen LogP contribution in [0.4, 0.5) is 0 Å². The van der Waals surface area contributed by atoms with E-state index in [0.717, 1.165) is 34.6 Å². The first kappa shape index (κ1) is 20.7. The molecule has 0 bridgehead atoms. The second-order valence-corrected chi connectivity index (χ2v) is 7.62. The number of aryl methyl sites for hydroxylation is 2. The molecular weight excluding hydrogens is 394 g/mol. The van der Waals surface area contributed by atoms with Gasteiger partial charge in [0.05, 0.1) is 19.9 Å². The SMILES string of the molecule is CCc1[nH]n2c(=O)cc(C(C)Cn3nccc3C)nc2c1-c1ccc(OC)c(OC)c1. The highest BCUT2D eigenvalue weighted by Crippen LogP contribution is 2.35.